The summed E-state index contributed by atoms with van der Waals surface area (Å²) < 4.78 is 0. The number of carboxylic acids is 1. The summed E-state index contributed by atoms with van der Waals surface area (Å²) in [5.41, 5.74) is 0.814. The van der Waals surface area contributed by atoms with Gasteiger partial charge in [0.2, 0.25) is 0 Å². The molecule has 0 fully saturated rings. The van der Waals surface area contributed by atoms with Crippen LogP contribution in [0, 0.1) is 0 Å². The molecule has 84 valence electrons. The number of nitrogens with zero attached hydrogens (tertiary/aromatic N) is 1. The zero-order valence-corrected chi connectivity index (χ0v) is 9.41. The molecule has 1 aromatic carbocycles. The van der Waals surface area contributed by atoms with Crippen LogP contribution < -0.4 is 0 Å². The zero-order chi connectivity index (χ0) is 10.7. The highest BCUT2D eigenvalue weighted by Gasteiger charge is 2.08. The second-order valence-corrected chi connectivity index (χ2v) is 3.39. The lowest BCUT2D eigenvalue weighted by Crippen LogP contribution is -2.11. The standard InChI is InChI=1S/C10H13NO3.ClH/c1-11(2)6-8-5-7(10(13)14)3-4-9(8)12;/h3-5,12H,6H2,1-2H3,(H,13,14);1H. The van der Waals surface area contributed by atoms with E-state index in [0.717, 1.165) is 0 Å². The first-order chi connectivity index (χ1) is 6.50. The van der Waals surface area contributed by atoms with Crippen molar-refractivity contribution in [1.82, 2.24) is 4.90 Å². The first-order valence-electron chi connectivity index (χ1n) is 4.20. The predicted octanol–water partition coefficient (Wildman–Crippen LogP) is 1.57. The lowest BCUT2D eigenvalue weighted by molar-refractivity contribution is 0.0696. The second kappa shape index (κ2) is 5.58. The first-order valence-corrected chi connectivity index (χ1v) is 4.20. The molecule has 15 heavy (non-hydrogen) atoms. The van der Waals surface area contributed by atoms with Crippen LogP contribution in [0.25, 0.3) is 0 Å². The van der Waals surface area contributed by atoms with Crippen molar-refractivity contribution in [3.8, 4) is 5.75 Å². The Morgan fingerprint density at radius 2 is 2.00 bits per heavy atom. The molecule has 0 spiro atoms. The molecule has 0 radical (unpaired) electrons. The third-order valence-electron chi connectivity index (χ3n) is 1.81. The van der Waals surface area contributed by atoms with E-state index in [1.54, 1.807) is 0 Å². The number of aromatic hydroxyl groups is 1. The van der Waals surface area contributed by atoms with Crippen LogP contribution >= 0.6 is 12.4 Å². The molecule has 1 rings (SSSR count). The minimum absolute atomic E-state index is 0. The van der Waals surface area contributed by atoms with Gasteiger partial charge in [-0.3, -0.25) is 0 Å². The van der Waals surface area contributed by atoms with E-state index in [-0.39, 0.29) is 23.7 Å². The molecule has 0 unspecified atom stereocenters. The van der Waals surface area contributed by atoms with E-state index in [9.17, 15) is 9.90 Å². The maximum atomic E-state index is 10.7. The lowest BCUT2D eigenvalue weighted by atomic mass is 10.1. The maximum absolute atomic E-state index is 10.7. The van der Waals surface area contributed by atoms with Gasteiger partial charge in [0, 0.05) is 12.1 Å². The van der Waals surface area contributed by atoms with Gasteiger partial charge in [-0.2, -0.15) is 0 Å². The Balaban J connectivity index is 0.00000196. The molecule has 0 heterocycles. The van der Waals surface area contributed by atoms with Gasteiger partial charge in [0.1, 0.15) is 5.75 Å². The molecule has 0 aliphatic heterocycles. The van der Waals surface area contributed by atoms with Gasteiger partial charge in [-0.25, -0.2) is 4.79 Å². The quantitative estimate of drug-likeness (QED) is 0.829. The van der Waals surface area contributed by atoms with Gasteiger partial charge in [-0.05, 0) is 32.3 Å². The van der Waals surface area contributed by atoms with Crippen LogP contribution in [0.3, 0.4) is 0 Å². The third-order valence-corrected chi connectivity index (χ3v) is 1.81. The van der Waals surface area contributed by atoms with Crippen molar-refractivity contribution in [2.24, 2.45) is 0 Å². The number of hydrogen-bond acceptors (Lipinski definition) is 3. The average molecular weight is 232 g/mol. The van der Waals surface area contributed by atoms with E-state index >= 15 is 0 Å². The summed E-state index contributed by atoms with van der Waals surface area (Å²) in [6.07, 6.45) is 0. The van der Waals surface area contributed by atoms with Crippen molar-refractivity contribution in [3.63, 3.8) is 0 Å². The molecule has 0 bridgehead atoms. The van der Waals surface area contributed by atoms with E-state index in [0.29, 0.717) is 12.1 Å². The fourth-order valence-corrected chi connectivity index (χ4v) is 1.19. The third kappa shape index (κ3) is 3.77. The smallest absolute Gasteiger partial charge is 0.335 e. The molecular formula is C10H14ClNO3. The molecule has 0 saturated carbocycles. The van der Waals surface area contributed by atoms with Crippen molar-refractivity contribution in [3.05, 3.63) is 29.3 Å². The van der Waals surface area contributed by atoms with E-state index in [4.69, 9.17) is 5.11 Å². The van der Waals surface area contributed by atoms with Gasteiger partial charge < -0.3 is 15.1 Å². The topological polar surface area (TPSA) is 60.8 Å². The molecule has 0 amide bonds. The predicted molar refractivity (Wildman–Crippen MR) is 59.7 cm³/mol. The van der Waals surface area contributed by atoms with E-state index in [2.05, 4.69) is 0 Å². The number of halogens is 1. The second-order valence-electron chi connectivity index (χ2n) is 3.39. The highest BCUT2D eigenvalue weighted by molar-refractivity contribution is 5.88. The van der Waals surface area contributed by atoms with Gasteiger partial charge >= 0.3 is 5.97 Å². The Kier molecular flexibility index (Phi) is 5.11. The molecule has 0 aromatic heterocycles. The molecule has 2 N–H and O–H groups in total. The van der Waals surface area contributed by atoms with Crippen molar-refractivity contribution < 1.29 is 15.0 Å². The monoisotopic (exact) mass is 231 g/mol. The molecule has 0 aliphatic rings. The zero-order valence-electron chi connectivity index (χ0n) is 8.60. The average Bonchev–Trinajstić information content (AvgIpc) is 2.07. The summed E-state index contributed by atoms with van der Waals surface area (Å²) in [7, 11) is 3.71. The van der Waals surface area contributed by atoms with Crippen molar-refractivity contribution >= 4 is 18.4 Å². The fraction of sp³-hybridized carbons (Fsp3) is 0.300. The molecule has 5 heteroatoms. The van der Waals surface area contributed by atoms with Crippen LogP contribution in [-0.4, -0.2) is 35.2 Å². The summed E-state index contributed by atoms with van der Waals surface area (Å²) >= 11 is 0. The van der Waals surface area contributed by atoms with Crippen LogP contribution in [0.1, 0.15) is 15.9 Å². The number of carbonyl (C=O) groups is 1. The van der Waals surface area contributed by atoms with Crippen molar-refractivity contribution in [2.75, 3.05) is 14.1 Å². The van der Waals surface area contributed by atoms with Gasteiger partial charge in [0.05, 0.1) is 5.56 Å². The van der Waals surface area contributed by atoms with Crippen LogP contribution in [0.2, 0.25) is 0 Å². The highest BCUT2D eigenvalue weighted by Crippen LogP contribution is 2.19. The number of phenolic OH excluding ortho intramolecular Hbond substituents is 1. The van der Waals surface area contributed by atoms with Gasteiger partial charge in [-0.1, -0.05) is 0 Å². The largest absolute Gasteiger partial charge is 0.508 e. The van der Waals surface area contributed by atoms with Crippen LogP contribution in [-0.2, 0) is 6.54 Å². The van der Waals surface area contributed by atoms with Crippen LogP contribution in [0.5, 0.6) is 5.75 Å². The summed E-state index contributed by atoms with van der Waals surface area (Å²) in [6.45, 7) is 0.521. The molecule has 0 saturated heterocycles. The van der Waals surface area contributed by atoms with E-state index in [1.807, 2.05) is 19.0 Å². The number of hydrogen-bond donors (Lipinski definition) is 2. The minimum atomic E-state index is -0.981. The highest BCUT2D eigenvalue weighted by atomic mass is 35.5. The van der Waals surface area contributed by atoms with E-state index in [1.165, 1.54) is 18.2 Å². The molecule has 1 aromatic rings. The Morgan fingerprint density at radius 1 is 1.40 bits per heavy atom. The number of aromatic carboxylic acids is 1. The Hall–Kier alpha value is -1.26. The summed E-state index contributed by atoms with van der Waals surface area (Å²) in [5.74, 6) is -0.853. The van der Waals surface area contributed by atoms with Crippen molar-refractivity contribution in [2.45, 2.75) is 6.54 Å². The molecular weight excluding hydrogens is 218 g/mol. The van der Waals surface area contributed by atoms with Gasteiger partial charge in [-0.15, -0.1) is 12.4 Å². The summed E-state index contributed by atoms with van der Waals surface area (Å²) in [5, 5.41) is 18.2. The fourth-order valence-electron chi connectivity index (χ4n) is 1.19. The minimum Gasteiger partial charge on any atom is -0.508 e. The maximum Gasteiger partial charge on any atom is 0.335 e. The molecule has 0 atom stereocenters. The number of benzene rings is 1. The van der Waals surface area contributed by atoms with Gasteiger partial charge in [0.25, 0.3) is 0 Å². The van der Waals surface area contributed by atoms with Crippen LogP contribution in [0.15, 0.2) is 18.2 Å². The Bertz CT molecular complexity index is 353. The normalized spacial score (nSPS) is 9.80. The number of carboxylic acid groups (broad SMARTS) is 1. The SMILES string of the molecule is CN(C)Cc1cc(C(=O)O)ccc1O.Cl. The lowest BCUT2D eigenvalue weighted by Gasteiger charge is -2.11. The summed E-state index contributed by atoms with van der Waals surface area (Å²) in [6, 6.07) is 4.27. The Morgan fingerprint density at radius 3 is 2.47 bits per heavy atom. The van der Waals surface area contributed by atoms with Crippen molar-refractivity contribution in [1.29, 1.82) is 0 Å². The van der Waals surface area contributed by atoms with Crippen LogP contribution in [0.4, 0.5) is 0 Å². The van der Waals surface area contributed by atoms with Gasteiger partial charge in [0.15, 0.2) is 0 Å². The molecule has 0 aliphatic carbocycles. The Labute approximate surface area is 94.6 Å². The summed E-state index contributed by atoms with van der Waals surface area (Å²) in [4.78, 5) is 12.5. The van der Waals surface area contributed by atoms with E-state index < -0.39 is 5.97 Å². The molecule has 4 nitrogen and oxygen atoms in total. The first kappa shape index (κ1) is 13.7. The number of phenols is 1. The number of rotatable bonds is 3.